The summed E-state index contributed by atoms with van der Waals surface area (Å²) in [5.41, 5.74) is 0.400. The maximum atomic E-state index is 12.4. The fourth-order valence-electron chi connectivity index (χ4n) is 2.21. The van der Waals surface area contributed by atoms with Crippen LogP contribution in [-0.4, -0.2) is 31.7 Å². The number of rotatable bonds is 2. The number of hydrogen-bond donors (Lipinski definition) is 0. The molecule has 21 heavy (non-hydrogen) atoms. The van der Waals surface area contributed by atoms with Gasteiger partial charge in [-0.1, -0.05) is 12.1 Å². The van der Waals surface area contributed by atoms with Crippen LogP contribution in [0.5, 0.6) is 0 Å². The molecule has 2 rings (SSSR count). The van der Waals surface area contributed by atoms with E-state index in [4.69, 9.17) is 9.31 Å². The van der Waals surface area contributed by atoms with Gasteiger partial charge in [0.1, 0.15) is 7.14 Å². The van der Waals surface area contributed by atoms with E-state index in [0.29, 0.717) is 10.9 Å². The molecule has 1 saturated heterocycles. The summed E-state index contributed by atoms with van der Waals surface area (Å²) in [5, 5.41) is 9.75. The van der Waals surface area contributed by atoms with Crippen molar-refractivity contribution in [1.29, 1.82) is 5.26 Å². The van der Waals surface area contributed by atoms with Crippen molar-refractivity contribution in [3.63, 3.8) is 0 Å². The van der Waals surface area contributed by atoms with E-state index >= 15 is 0 Å². The van der Waals surface area contributed by atoms with Crippen LogP contribution in [0.15, 0.2) is 18.2 Å². The highest BCUT2D eigenvalue weighted by molar-refractivity contribution is 7.70. The number of benzene rings is 1. The highest BCUT2D eigenvalue weighted by atomic mass is 31.2. The predicted octanol–water partition coefficient (Wildman–Crippen LogP) is 2.11. The summed E-state index contributed by atoms with van der Waals surface area (Å²) < 4.78 is 24.4. The van der Waals surface area contributed by atoms with Crippen LogP contribution in [0.3, 0.4) is 0 Å². The second-order valence-electron chi connectivity index (χ2n) is 6.83. The molecular formula is C15H21BNO3P. The van der Waals surface area contributed by atoms with Crippen molar-refractivity contribution in [2.24, 2.45) is 0 Å². The SMILES string of the molecule is CC1(C)OB(c2ccc(C#N)c(P(C)(C)=O)c2)OC1(C)C. The maximum Gasteiger partial charge on any atom is 0.494 e. The van der Waals surface area contributed by atoms with E-state index < -0.39 is 25.5 Å². The maximum absolute atomic E-state index is 12.4. The summed E-state index contributed by atoms with van der Waals surface area (Å²) in [6, 6.07) is 7.37. The molecule has 1 aliphatic rings. The summed E-state index contributed by atoms with van der Waals surface area (Å²) in [6.07, 6.45) is 0. The molecular weight excluding hydrogens is 284 g/mol. The third-order valence-corrected chi connectivity index (χ3v) is 5.78. The first-order valence-corrected chi connectivity index (χ1v) is 9.53. The standard InChI is InChI=1S/C15H21BNO3P/c1-14(2)15(3,4)20-16(19-14)12-8-7-11(10-17)13(9-12)21(5,6)18/h7-9H,1-6H3. The largest absolute Gasteiger partial charge is 0.494 e. The lowest BCUT2D eigenvalue weighted by molar-refractivity contribution is 0.00578. The van der Waals surface area contributed by atoms with Crippen LogP contribution >= 0.6 is 7.14 Å². The fourth-order valence-corrected chi connectivity index (χ4v) is 3.38. The van der Waals surface area contributed by atoms with Crippen molar-refractivity contribution >= 4 is 25.0 Å². The van der Waals surface area contributed by atoms with E-state index in [1.165, 1.54) is 0 Å². The Morgan fingerprint density at radius 2 is 1.67 bits per heavy atom. The van der Waals surface area contributed by atoms with Gasteiger partial charge in [0.25, 0.3) is 0 Å². The number of nitriles is 1. The van der Waals surface area contributed by atoms with Crippen LogP contribution in [0.25, 0.3) is 0 Å². The average molecular weight is 305 g/mol. The Hall–Kier alpha value is -1.08. The Bertz CT molecular complexity index is 641. The van der Waals surface area contributed by atoms with Gasteiger partial charge >= 0.3 is 7.12 Å². The normalized spacial score (nSPS) is 20.3. The fraction of sp³-hybridized carbons (Fsp3) is 0.533. The first-order chi connectivity index (χ1) is 9.48. The molecule has 6 heteroatoms. The zero-order valence-electron chi connectivity index (χ0n) is 13.4. The van der Waals surface area contributed by atoms with Crippen LogP contribution in [0, 0.1) is 11.3 Å². The smallest absolute Gasteiger partial charge is 0.399 e. The average Bonchev–Trinajstić information content (AvgIpc) is 2.56. The van der Waals surface area contributed by atoms with Crippen LogP contribution in [0.4, 0.5) is 0 Å². The minimum Gasteiger partial charge on any atom is -0.399 e. The Morgan fingerprint density at radius 1 is 1.14 bits per heavy atom. The molecule has 1 aliphatic heterocycles. The van der Waals surface area contributed by atoms with Crippen molar-refractivity contribution in [3.8, 4) is 6.07 Å². The van der Waals surface area contributed by atoms with Gasteiger partial charge < -0.3 is 13.9 Å². The van der Waals surface area contributed by atoms with Crippen molar-refractivity contribution in [2.75, 3.05) is 13.3 Å². The van der Waals surface area contributed by atoms with Gasteiger partial charge in [-0.2, -0.15) is 5.26 Å². The van der Waals surface area contributed by atoms with Gasteiger partial charge in [-0.05, 0) is 52.6 Å². The van der Waals surface area contributed by atoms with E-state index in [-0.39, 0.29) is 0 Å². The minimum absolute atomic E-state index is 0.423. The molecule has 0 spiro atoms. The van der Waals surface area contributed by atoms with Gasteiger partial charge in [0, 0.05) is 5.30 Å². The van der Waals surface area contributed by atoms with Crippen molar-refractivity contribution in [1.82, 2.24) is 0 Å². The first-order valence-electron chi connectivity index (χ1n) is 6.93. The van der Waals surface area contributed by atoms with E-state index in [1.807, 2.05) is 27.7 Å². The Morgan fingerprint density at radius 3 is 2.10 bits per heavy atom. The second kappa shape index (κ2) is 4.99. The van der Waals surface area contributed by atoms with Crippen molar-refractivity contribution in [3.05, 3.63) is 23.8 Å². The van der Waals surface area contributed by atoms with E-state index in [9.17, 15) is 9.83 Å². The molecule has 0 radical (unpaired) electrons. The molecule has 0 amide bonds. The molecule has 1 aromatic rings. The monoisotopic (exact) mass is 305 g/mol. The Labute approximate surface area is 127 Å². The van der Waals surface area contributed by atoms with E-state index in [1.54, 1.807) is 31.5 Å². The van der Waals surface area contributed by atoms with Gasteiger partial charge in [0.2, 0.25) is 0 Å². The van der Waals surface area contributed by atoms with Gasteiger partial charge in [-0.15, -0.1) is 0 Å². The van der Waals surface area contributed by atoms with Gasteiger partial charge in [0.05, 0.1) is 22.8 Å². The Kier molecular flexibility index (Phi) is 3.87. The predicted molar refractivity (Wildman–Crippen MR) is 86.0 cm³/mol. The number of hydrogen-bond acceptors (Lipinski definition) is 4. The minimum atomic E-state index is -2.54. The van der Waals surface area contributed by atoms with Gasteiger partial charge in [0.15, 0.2) is 0 Å². The molecule has 1 aromatic carbocycles. The lowest BCUT2D eigenvalue weighted by Gasteiger charge is -2.32. The molecule has 0 saturated carbocycles. The summed E-state index contributed by atoms with van der Waals surface area (Å²) in [5.74, 6) is 0. The summed E-state index contributed by atoms with van der Waals surface area (Å²) in [6.45, 7) is 11.3. The number of nitrogens with zero attached hydrogens (tertiary/aromatic N) is 1. The van der Waals surface area contributed by atoms with Crippen LogP contribution in [0.1, 0.15) is 33.3 Å². The molecule has 0 atom stereocenters. The molecule has 0 unspecified atom stereocenters. The Balaban J connectivity index is 2.45. The zero-order valence-corrected chi connectivity index (χ0v) is 14.3. The molecule has 0 N–H and O–H groups in total. The highest BCUT2D eigenvalue weighted by Gasteiger charge is 2.51. The van der Waals surface area contributed by atoms with E-state index in [0.717, 1.165) is 5.46 Å². The van der Waals surface area contributed by atoms with Crippen LogP contribution in [0.2, 0.25) is 0 Å². The van der Waals surface area contributed by atoms with Crippen molar-refractivity contribution < 1.29 is 13.9 Å². The first kappa shape index (κ1) is 16.3. The summed E-state index contributed by atoms with van der Waals surface area (Å²) >= 11 is 0. The topological polar surface area (TPSA) is 59.3 Å². The molecule has 1 heterocycles. The van der Waals surface area contributed by atoms with Gasteiger partial charge in [-0.25, -0.2) is 0 Å². The molecule has 0 aromatic heterocycles. The second-order valence-corrected chi connectivity index (χ2v) is 10.0. The quantitative estimate of drug-likeness (QED) is 0.620. The molecule has 4 nitrogen and oxygen atoms in total. The summed E-state index contributed by atoms with van der Waals surface area (Å²) in [7, 11) is -3.04. The molecule has 1 fully saturated rings. The van der Waals surface area contributed by atoms with E-state index in [2.05, 4.69) is 6.07 Å². The van der Waals surface area contributed by atoms with Crippen LogP contribution in [-0.2, 0) is 13.9 Å². The van der Waals surface area contributed by atoms with Gasteiger partial charge in [-0.3, -0.25) is 0 Å². The third kappa shape index (κ3) is 2.94. The lowest BCUT2D eigenvalue weighted by Crippen LogP contribution is -2.41. The van der Waals surface area contributed by atoms with Crippen LogP contribution < -0.4 is 10.8 Å². The molecule has 0 aliphatic carbocycles. The molecule has 0 bridgehead atoms. The van der Waals surface area contributed by atoms with Crippen molar-refractivity contribution in [2.45, 2.75) is 38.9 Å². The zero-order chi connectivity index (χ0) is 16.1. The third-order valence-electron chi connectivity index (χ3n) is 4.25. The molecule has 112 valence electrons. The lowest BCUT2D eigenvalue weighted by atomic mass is 9.79. The highest BCUT2D eigenvalue weighted by Crippen LogP contribution is 2.38. The summed E-state index contributed by atoms with van der Waals surface area (Å²) in [4.78, 5) is 0.